The summed E-state index contributed by atoms with van der Waals surface area (Å²) in [4.78, 5) is 9.65. The van der Waals surface area contributed by atoms with E-state index in [0.29, 0.717) is 12.2 Å². The molecule has 6 heteroatoms. The van der Waals surface area contributed by atoms with E-state index in [0.717, 1.165) is 60.0 Å². The van der Waals surface area contributed by atoms with Crippen molar-refractivity contribution < 1.29 is 9.47 Å². The second-order valence-electron chi connectivity index (χ2n) is 7.38. The second kappa shape index (κ2) is 6.29. The molecule has 28 heavy (non-hydrogen) atoms. The Morgan fingerprint density at radius 2 is 1.18 bits per heavy atom. The summed E-state index contributed by atoms with van der Waals surface area (Å²) in [7, 11) is 0. The van der Waals surface area contributed by atoms with E-state index in [9.17, 15) is 0 Å². The Balaban J connectivity index is 1.42. The molecular formula is C22H20N4O2. The molecule has 2 fully saturated rings. The number of fused-ring (bicyclic) bond motifs is 2. The van der Waals surface area contributed by atoms with Gasteiger partial charge >= 0.3 is 0 Å². The Morgan fingerprint density at radius 1 is 0.750 bits per heavy atom. The summed E-state index contributed by atoms with van der Waals surface area (Å²) in [5, 5.41) is 0. The minimum absolute atomic E-state index is 0.293. The van der Waals surface area contributed by atoms with Crippen LogP contribution in [0.3, 0.4) is 0 Å². The Labute approximate surface area is 162 Å². The SMILES string of the molecule is C(=C\c1nc2ccccc2n1C[C@H]1CO1)/c1nc2ccccc2n1C[C@H]1CO1. The fraction of sp³-hybridized carbons (Fsp3) is 0.273. The predicted molar refractivity (Wildman–Crippen MR) is 108 cm³/mol. The van der Waals surface area contributed by atoms with Crippen LogP contribution < -0.4 is 0 Å². The maximum atomic E-state index is 5.46. The first kappa shape index (κ1) is 16.0. The van der Waals surface area contributed by atoms with Crippen LogP contribution in [0.15, 0.2) is 48.5 Å². The zero-order valence-electron chi connectivity index (χ0n) is 15.4. The normalized spacial score (nSPS) is 21.1. The van der Waals surface area contributed by atoms with E-state index in [-0.39, 0.29) is 0 Å². The highest BCUT2D eigenvalue weighted by Gasteiger charge is 2.26. The van der Waals surface area contributed by atoms with Crippen LogP contribution >= 0.6 is 0 Å². The third-order valence-electron chi connectivity index (χ3n) is 5.33. The third-order valence-corrected chi connectivity index (χ3v) is 5.33. The standard InChI is InChI=1S/C22H20N4O2/c1-3-7-19-17(5-1)23-21(25(19)11-15-13-27-15)9-10-22-24-18-6-2-4-8-20(18)26(22)12-16-14-28-16/h1-10,15-16H,11-14H2/b10-9+/t15-,16-/m0/s1. The molecule has 2 saturated heterocycles. The highest BCUT2D eigenvalue weighted by molar-refractivity contribution is 5.82. The summed E-state index contributed by atoms with van der Waals surface area (Å²) in [6, 6.07) is 16.5. The lowest BCUT2D eigenvalue weighted by molar-refractivity contribution is 0.384. The monoisotopic (exact) mass is 372 g/mol. The molecule has 4 aromatic rings. The van der Waals surface area contributed by atoms with Gasteiger partial charge in [-0.2, -0.15) is 0 Å². The molecular weight excluding hydrogens is 352 g/mol. The number of nitrogens with zero attached hydrogens (tertiary/aromatic N) is 4. The number of aromatic nitrogens is 4. The van der Waals surface area contributed by atoms with Crippen LogP contribution in [0.25, 0.3) is 34.2 Å². The summed E-state index contributed by atoms with van der Waals surface area (Å²) in [6.07, 6.45) is 4.71. The Hall–Kier alpha value is -2.96. The molecule has 0 aliphatic carbocycles. The first-order valence-electron chi connectivity index (χ1n) is 9.67. The van der Waals surface area contributed by atoms with Gasteiger partial charge < -0.3 is 18.6 Å². The second-order valence-corrected chi connectivity index (χ2v) is 7.38. The Morgan fingerprint density at radius 3 is 1.61 bits per heavy atom. The van der Waals surface area contributed by atoms with Gasteiger partial charge in [0.25, 0.3) is 0 Å². The molecule has 140 valence electrons. The maximum Gasteiger partial charge on any atom is 0.134 e. The van der Waals surface area contributed by atoms with E-state index in [1.165, 1.54) is 0 Å². The van der Waals surface area contributed by atoms with Crippen LogP contribution in [0, 0.1) is 0 Å². The fourth-order valence-corrected chi connectivity index (χ4v) is 3.73. The van der Waals surface area contributed by atoms with E-state index in [1.54, 1.807) is 0 Å². The summed E-state index contributed by atoms with van der Waals surface area (Å²) in [5.41, 5.74) is 4.28. The van der Waals surface area contributed by atoms with Crippen molar-refractivity contribution in [3.8, 4) is 0 Å². The highest BCUT2D eigenvalue weighted by Crippen LogP contribution is 2.24. The molecule has 2 aromatic carbocycles. The molecule has 2 aliphatic heterocycles. The van der Waals surface area contributed by atoms with Gasteiger partial charge in [-0.15, -0.1) is 0 Å². The lowest BCUT2D eigenvalue weighted by Gasteiger charge is -2.06. The highest BCUT2D eigenvalue weighted by atomic mass is 16.6. The number of hydrogen-bond acceptors (Lipinski definition) is 4. The zero-order chi connectivity index (χ0) is 18.5. The van der Waals surface area contributed by atoms with Gasteiger partial charge in [0.2, 0.25) is 0 Å². The number of hydrogen-bond donors (Lipinski definition) is 0. The number of epoxide rings is 2. The first-order valence-corrected chi connectivity index (χ1v) is 9.67. The third kappa shape index (κ3) is 2.91. The maximum absolute atomic E-state index is 5.46. The van der Waals surface area contributed by atoms with Crippen LogP contribution in [-0.2, 0) is 22.6 Å². The summed E-state index contributed by atoms with van der Waals surface area (Å²) in [6.45, 7) is 3.30. The number of rotatable bonds is 6. The van der Waals surface area contributed by atoms with Crippen LogP contribution in [-0.4, -0.2) is 44.5 Å². The van der Waals surface area contributed by atoms with Crippen molar-refractivity contribution >= 4 is 34.2 Å². The molecule has 2 aromatic heterocycles. The zero-order valence-corrected chi connectivity index (χ0v) is 15.4. The van der Waals surface area contributed by atoms with Gasteiger partial charge in [-0.05, 0) is 36.4 Å². The quantitative estimate of drug-likeness (QED) is 0.487. The molecule has 4 heterocycles. The van der Waals surface area contributed by atoms with Crippen molar-refractivity contribution in [2.75, 3.05) is 13.2 Å². The molecule has 0 amide bonds. The lowest BCUT2D eigenvalue weighted by Crippen LogP contribution is -2.07. The van der Waals surface area contributed by atoms with Gasteiger partial charge in [-0.1, -0.05) is 24.3 Å². The van der Waals surface area contributed by atoms with E-state index in [2.05, 4.69) is 57.7 Å². The van der Waals surface area contributed by atoms with Crippen molar-refractivity contribution in [1.82, 2.24) is 19.1 Å². The number of imidazole rings is 2. The molecule has 6 rings (SSSR count). The Kier molecular flexibility index (Phi) is 3.60. The Bertz CT molecular complexity index is 1100. The minimum atomic E-state index is 0.293. The smallest absolute Gasteiger partial charge is 0.134 e. The summed E-state index contributed by atoms with van der Waals surface area (Å²) >= 11 is 0. The van der Waals surface area contributed by atoms with E-state index in [4.69, 9.17) is 19.4 Å². The summed E-state index contributed by atoms with van der Waals surface area (Å²) in [5.74, 6) is 1.86. The van der Waals surface area contributed by atoms with Gasteiger partial charge in [0.15, 0.2) is 0 Å². The van der Waals surface area contributed by atoms with Gasteiger partial charge in [0.05, 0.1) is 60.6 Å². The molecule has 6 nitrogen and oxygen atoms in total. The predicted octanol–water partition coefficient (Wildman–Crippen LogP) is 3.35. The number of para-hydroxylation sites is 4. The van der Waals surface area contributed by atoms with Gasteiger partial charge in [-0.3, -0.25) is 0 Å². The van der Waals surface area contributed by atoms with Gasteiger partial charge in [0.1, 0.15) is 11.6 Å². The van der Waals surface area contributed by atoms with Crippen LogP contribution in [0.2, 0.25) is 0 Å². The molecule has 2 atom stereocenters. The minimum Gasteiger partial charge on any atom is -0.371 e. The average Bonchev–Trinajstić information content (AvgIpc) is 3.63. The van der Waals surface area contributed by atoms with Crippen molar-refractivity contribution in [2.24, 2.45) is 0 Å². The van der Waals surface area contributed by atoms with Crippen molar-refractivity contribution in [3.63, 3.8) is 0 Å². The topological polar surface area (TPSA) is 60.7 Å². The molecule has 0 radical (unpaired) electrons. The van der Waals surface area contributed by atoms with Crippen LogP contribution in [0.1, 0.15) is 11.6 Å². The van der Waals surface area contributed by atoms with E-state index in [1.807, 2.05) is 12.1 Å². The molecule has 2 aliphatic rings. The number of benzene rings is 2. The lowest BCUT2D eigenvalue weighted by atomic mass is 10.3. The molecule has 0 unspecified atom stereocenters. The first-order chi connectivity index (χ1) is 13.8. The average molecular weight is 372 g/mol. The fourth-order valence-electron chi connectivity index (χ4n) is 3.73. The largest absolute Gasteiger partial charge is 0.371 e. The van der Waals surface area contributed by atoms with Crippen molar-refractivity contribution in [2.45, 2.75) is 25.3 Å². The number of ether oxygens (including phenoxy) is 2. The molecule has 0 saturated carbocycles. The van der Waals surface area contributed by atoms with Crippen molar-refractivity contribution in [3.05, 3.63) is 60.2 Å². The molecule has 0 N–H and O–H groups in total. The van der Waals surface area contributed by atoms with Gasteiger partial charge in [0, 0.05) is 0 Å². The van der Waals surface area contributed by atoms with E-state index < -0.39 is 0 Å². The molecule has 0 spiro atoms. The van der Waals surface area contributed by atoms with Crippen LogP contribution in [0.5, 0.6) is 0 Å². The van der Waals surface area contributed by atoms with Crippen LogP contribution in [0.4, 0.5) is 0 Å². The van der Waals surface area contributed by atoms with E-state index >= 15 is 0 Å². The molecule has 0 bridgehead atoms. The van der Waals surface area contributed by atoms with Gasteiger partial charge in [-0.25, -0.2) is 9.97 Å². The summed E-state index contributed by atoms with van der Waals surface area (Å²) < 4.78 is 15.4. The van der Waals surface area contributed by atoms with Crippen molar-refractivity contribution in [1.29, 1.82) is 0 Å².